The lowest BCUT2D eigenvalue weighted by Gasteiger charge is -2.60. The van der Waals surface area contributed by atoms with Crippen LogP contribution < -0.4 is 4.74 Å². The van der Waals surface area contributed by atoms with Crippen molar-refractivity contribution in [2.24, 2.45) is 34.5 Å². The summed E-state index contributed by atoms with van der Waals surface area (Å²) in [6.07, 6.45) is 14.2. The van der Waals surface area contributed by atoms with Gasteiger partial charge in [0.1, 0.15) is 5.75 Å². The maximum absolute atomic E-state index is 11.4. The molecule has 4 saturated carbocycles. The van der Waals surface area contributed by atoms with Gasteiger partial charge in [0, 0.05) is 5.41 Å². The van der Waals surface area contributed by atoms with Crippen molar-refractivity contribution >= 4 is 6.08 Å². The molecule has 1 N–H and O–H groups in total. The molecule has 4 fully saturated rings. The molecule has 0 amide bonds. The van der Waals surface area contributed by atoms with Crippen molar-refractivity contribution < 1.29 is 9.84 Å². The molecule has 5 rings (SSSR count). The molecule has 0 aliphatic heterocycles. The highest BCUT2D eigenvalue weighted by Gasteiger charge is 2.60. The van der Waals surface area contributed by atoms with Gasteiger partial charge in [-0.25, -0.2) is 0 Å². The summed E-state index contributed by atoms with van der Waals surface area (Å²) < 4.78 is 5.59. The normalized spacial score (nSPS) is 44.3. The van der Waals surface area contributed by atoms with E-state index in [-0.39, 0.29) is 11.5 Å². The minimum atomic E-state index is -0.285. The molecule has 4 aliphatic rings. The third-order valence-corrected chi connectivity index (χ3v) is 10.00. The molecule has 0 saturated heterocycles. The number of rotatable bonds is 3. The molecular formula is C28H40O2. The van der Waals surface area contributed by atoms with E-state index >= 15 is 0 Å². The Morgan fingerprint density at radius 1 is 0.967 bits per heavy atom. The van der Waals surface area contributed by atoms with E-state index < -0.39 is 0 Å². The number of hydrogen-bond donors (Lipinski definition) is 1. The Kier molecular flexibility index (Phi) is 5.29. The van der Waals surface area contributed by atoms with Gasteiger partial charge in [-0.05, 0) is 104 Å². The zero-order chi connectivity index (χ0) is 20.9. The van der Waals surface area contributed by atoms with Crippen molar-refractivity contribution in [3.05, 3.63) is 35.4 Å². The van der Waals surface area contributed by atoms with Gasteiger partial charge in [0.05, 0.1) is 12.7 Å². The quantitative estimate of drug-likeness (QED) is 0.591. The first kappa shape index (κ1) is 20.6. The topological polar surface area (TPSA) is 29.5 Å². The largest absolute Gasteiger partial charge is 0.494 e. The van der Waals surface area contributed by atoms with Crippen molar-refractivity contribution in [3.63, 3.8) is 0 Å². The van der Waals surface area contributed by atoms with E-state index in [9.17, 15) is 5.11 Å². The third-order valence-electron chi connectivity index (χ3n) is 10.00. The minimum absolute atomic E-state index is 0.0656. The number of aliphatic hydroxyl groups is 1. The molecule has 164 valence electrons. The highest BCUT2D eigenvalue weighted by atomic mass is 16.5. The minimum Gasteiger partial charge on any atom is -0.494 e. The van der Waals surface area contributed by atoms with Gasteiger partial charge in [0.25, 0.3) is 0 Å². The summed E-state index contributed by atoms with van der Waals surface area (Å²) in [4.78, 5) is 0. The predicted molar refractivity (Wildman–Crippen MR) is 123 cm³/mol. The molecule has 7 atom stereocenters. The second-order valence-corrected chi connectivity index (χ2v) is 11.3. The van der Waals surface area contributed by atoms with E-state index in [1.165, 1.54) is 62.5 Å². The van der Waals surface area contributed by atoms with Gasteiger partial charge in [0.2, 0.25) is 0 Å². The number of benzene rings is 1. The smallest absolute Gasteiger partial charge is 0.119 e. The van der Waals surface area contributed by atoms with Crippen LogP contribution in [0.15, 0.2) is 29.8 Å². The fraction of sp³-hybridized carbons (Fsp3) is 0.714. The molecule has 0 radical (unpaired) electrons. The van der Waals surface area contributed by atoms with Crippen LogP contribution in [0, 0.1) is 34.5 Å². The SMILES string of the molecule is CCOc1ccc(C=C2CC3C4CCC5CCCCC5(C)C4CCC3(C)C2O)cc1. The van der Waals surface area contributed by atoms with Crippen molar-refractivity contribution in [1.29, 1.82) is 0 Å². The maximum Gasteiger partial charge on any atom is 0.119 e. The Bertz CT molecular complexity index is 795. The average Bonchev–Trinajstić information content (AvgIpc) is 3.00. The van der Waals surface area contributed by atoms with Crippen LogP contribution in [0.1, 0.15) is 84.1 Å². The second kappa shape index (κ2) is 7.69. The van der Waals surface area contributed by atoms with Crippen molar-refractivity contribution in [2.75, 3.05) is 6.61 Å². The van der Waals surface area contributed by atoms with Gasteiger partial charge in [-0.15, -0.1) is 0 Å². The van der Waals surface area contributed by atoms with Crippen LogP contribution in [0.3, 0.4) is 0 Å². The van der Waals surface area contributed by atoms with Crippen LogP contribution in [0.25, 0.3) is 6.08 Å². The summed E-state index contributed by atoms with van der Waals surface area (Å²) in [6.45, 7) is 7.74. The van der Waals surface area contributed by atoms with Crippen molar-refractivity contribution in [1.82, 2.24) is 0 Å². The summed E-state index contributed by atoms with van der Waals surface area (Å²) in [7, 11) is 0. The molecule has 0 heterocycles. The Balaban J connectivity index is 1.40. The molecule has 4 aliphatic carbocycles. The Morgan fingerprint density at radius 2 is 1.77 bits per heavy atom. The maximum atomic E-state index is 11.4. The summed E-state index contributed by atoms with van der Waals surface area (Å²) in [6, 6.07) is 8.36. The first-order valence-electron chi connectivity index (χ1n) is 12.6. The van der Waals surface area contributed by atoms with Gasteiger partial charge in [0.15, 0.2) is 0 Å². The molecule has 7 unspecified atom stereocenters. The van der Waals surface area contributed by atoms with Crippen LogP contribution in [-0.2, 0) is 0 Å². The lowest BCUT2D eigenvalue weighted by Crippen LogP contribution is -2.53. The standard InChI is InChI=1S/C28H40O2/c1-4-30-22-11-8-19(9-12-22)17-20-18-25-23-13-10-21-7-5-6-15-27(21,2)24(23)14-16-28(25,3)26(20)29/h8-9,11-12,17,21,23-26,29H,4-7,10,13-16,18H2,1-3H3. The number of fused-ring (bicyclic) bond motifs is 5. The zero-order valence-corrected chi connectivity index (χ0v) is 19.2. The van der Waals surface area contributed by atoms with Gasteiger partial charge >= 0.3 is 0 Å². The molecule has 2 nitrogen and oxygen atoms in total. The highest BCUT2D eigenvalue weighted by molar-refractivity contribution is 5.56. The fourth-order valence-corrected chi connectivity index (χ4v) is 8.33. The van der Waals surface area contributed by atoms with Crippen LogP contribution in [0.5, 0.6) is 5.75 Å². The van der Waals surface area contributed by atoms with Crippen LogP contribution in [-0.4, -0.2) is 17.8 Å². The molecule has 2 heteroatoms. The summed E-state index contributed by atoms with van der Waals surface area (Å²) in [5.41, 5.74) is 3.09. The van der Waals surface area contributed by atoms with Gasteiger partial charge in [-0.3, -0.25) is 0 Å². The Hall–Kier alpha value is -1.28. The average molecular weight is 409 g/mol. The van der Waals surface area contributed by atoms with Gasteiger partial charge < -0.3 is 9.84 Å². The first-order chi connectivity index (χ1) is 14.5. The van der Waals surface area contributed by atoms with Crippen LogP contribution >= 0.6 is 0 Å². The number of hydrogen-bond acceptors (Lipinski definition) is 2. The monoisotopic (exact) mass is 408 g/mol. The Labute approximate surface area is 183 Å². The predicted octanol–water partition coefficient (Wildman–Crippen LogP) is 6.87. The van der Waals surface area contributed by atoms with Gasteiger partial charge in [-0.1, -0.05) is 44.9 Å². The van der Waals surface area contributed by atoms with E-state index in [1.807, 2.05) is 19.1 Å². The number of aliphatic hydroxyl groups excluding tert-OH is 1. The first-order valence-corrected chi connectivity index (χ1v) is 12.6. The summed E-state index contributed by atoms with van der Waals surface area (Å²) >= 11 is 0. The Morgan fingerprint density at radius 3 is 2.53 bits per heavy atom. The molecule has 1 aromatic rings. The van der Waals surface area contributed by atoms with Crippen molar-refractivity contribution in [2.45, 2.75) is 84.7 Å². The fourth-order valence-electron chi connectivity index (χ4n) is 8.33. The highest BCUT2D eigenvalue weighted by Crippen LogP contribution is 2.67. The number of ether oxygens (including phenoxy) is 1. The van der Waals surface area contributed by atoms with E-state index in [0.717, 1.165) is 29.9 Å². The van der Waals surface area contributed by atoms with Crippen LogP contribution in [0.2, 0.25) is 0 Å². The molecule has 0 aromatic heterocycles. The molecular weight excluding hydrogens is 368 g/mol. The summed E-state index contributed by atoms with van der Waals surface area (Å²) in [5, 5.41) is 11.4. The van der Waals surface area contributed by atoms with Gasteiger partial charge in [-0.2, -0.15) is 0 Å². The lowest BCUT2D eigenvalue weighted by molar-refractivity contribution is -0.119. The molecule has 0 spiro atoms. The lowest BCUT2D eigenvalue weighted by atomic mass is 9.45. The van der Waals surface area contributed by atoms with Crippen molar-refractivity contribution in [3.8, 4) is 5.75 Å². The second-order valence-electron chi connectivity index (χ2n) is 11.3. The molecule has 1 aromatic carbocycles. The molecule has 30 heavy (non-hydrogen) atoms. The summed E-state index contributed by atoms with van der Waals surface area (Å²) in [5.74, 6) is 4.23. The van der Waals surface area contributed by atoms with E-state index in [2.05, 4.69) is 32.1 Å². The zero-order valence-electron chi connectivity index (χ0n) is 19.2. The van der Waals surface area contributed by atoms with E-state index in [0.29, 0.717) is 17.9 Å². The third kappa shape index (κ3) is 3.17. The van der Waals surface area contributed by atoms with E-state index in [1.54, 1.807) is 0 Å². The van der Waals surface area contributed by atoms with E-state index in [4.69, 9.17) is 4.74 Å². The van der Waals surface area contributed by atoms with Crippen LogP contribution in [0.4, 0.5) is 0 Å². The molecule has 0 bridgehead atoms.